The Bertz CT molecular complexity index is 645. The summed E-state index contributed by atoms with van der Waals surface area (Å²) in [5.41, 5.74) is 6.66. The van der Waals surface area contributed by atoms with Crippen LogP contribution in [0.2, 0.25) is 0 Å². The fourth-order valence-electron chi connectivity index (χ4n) is 3.31. The summed E-state index contributed by atoms with van der Waals surface area (Å²) in [7, 11) is 0. The number of aryl methyl sites for hydroxylation is 2. The normalized spacial score (nSPS) is 18.1. The lowest BCUT2D eigenvalue weighted by atomic mass is 10.1. The first-order chi connectivity index (χ1) is 9.72. The standard InChI is InChI=1S/C17H21N3/c1-11-7-12(2)9-14(8-11)20-16-5-6-18-10-15(16)19-17(20)13-3-4-13/h7-9,13,18H,3-6,10H2,1-2H3. The van der Waals surface area contributed by atoms with Gasteiger partial charge in [-0.25, -0.2) is 4.98 Å². The molecule has 4 rings (SSSR count). The topological polar surface area (TPSA) is 29.9 Å². The van der Waals surface area contributed by atoms with Crippen LogP contribution in [-0.2, 0) is 13.0 Å². The van der Waals surface area contributed by atoms with Crippen molar-refractivity contribution in [1.82, 2.24) is 14.9 Å². The van der Waals surface area contributed by atoms with E-state index in [9.17, 15) is 0 Å². The van der Waals surface area contributed by atoms with E-state index in [1.54, 1.807) is 0 Å². The molecule has 0 unspecified atom stereocenters. The number of nitrogens with zero attached hydrogens (tertiary/aromatic N) is 2. The quantitative estimate of drug-likeness (QED) is 0.906. The van der Waals surface area contributed by atoms with E-state index in [1.807, 2.05) is 0 Å². The Hall–Kier alpha value is -1.61. The van der Waals surface area contributed by atoms with Gasteiger partial charge < -0.3 is 9.88 Å². The molecule has 3 nitrogen and oxygen atoms in total. The van der Waals surface area contributed by atoms with Crippen LogP contribution in [0.15, 0.2) is 18.2 Å². The zero-order valence-corrected chi connectivity index (χ0v) is 12.2. The van der Waals surface area contributed by atoms with Gasteiger partial charge in [0, 0.05) is 36.8 Å². The lowest BCUT2D eigenvalue weighted by molar-refractivity contribution is 0.620. The highest BCUT2D eigenvalue weighted by atomic mass is 15.1. The maximum absolute atomic E-state index is 4.95. The van der Waals surface area contributed by atoms with Gasteiger partial charge in [0.2, 0.25) is 0 Å². The van der Waals surface area contributed by atoms with Crippen molar-refractivity contribution < 1.29 is 0 Å². The molecule has 0 radical (unpaired) electrons. The van der Waals surface area contributed by atoms with Crippen LogP contribution in [0, 0.1) is 13.8 Å². The summed E-state index contributed by atoms with van der Waals surface area (Å²) >= 11 is 0. The number of hydrogen-bond donors (Lipinski definition) is 1. The van der Waals surface area contributed by atoms with Crippen molar-refractivity contribution in [1.29, 1.82) is 0 Å². The number of imidazole rings is 1. The number of benzene rings is 1. The zero-order chi connectivity index (χ0) is 13.7. The minimum Gasteiger partial charge on any atom is -0.311 e. The molecule has 1 aliphatic carbocycles. The van der Waals surface area contributed by atoms with Crippen molar-refractivity contribution in [2.24, 2.45) is 0 Å². The van der Waals surface area contributed by atoms with Gasteiger partial charge in [0.1, 0.15) is 5.82 Å². The third-order valence-electron chi connectivity index (χ3n) is 4.32. The van der Waals surface area contributed by atoms with Crippen LogP contribution in [0.5, 0.6) is 0 Å². The first-order valence-electron chi connectivity index (χ1n) is 7.62. The second kappa shape index (κ2) is 4.45. The molecule has 0 atom stereocenters. The van der Waals surface area contributed by atoms with E-state index < -0.39 is 0 Å². The van der Waals surface area contributed by atoms with Gasteiger partial charge in [-0.1, -0.05) is 6.07 Å². The molecule has 1 fully saturated rings. The van der Waals surface area contributed by atoms with Crippen molar-refractivity contribution in [3.05, 3.63) is 46.5 Å². The van der Waals surface area contributed by atoms with Crippen LogP contribution in [-0.4, -0.2) is 16.1 Å². The molecule has 1 aromatic carbocycles. The van der Waals surface area contributed by atoms with Crippen LogP contribution in [0.1, 0.15) is 47.1 Å². The van der Waals surface area contributed by atoms with E-state index in [0.717, 1.165) is 19.5 Å². The minimum atomic E-state index is 0.682. The van der Waals surface area contributed by atoms with Crippen LogP contribution in [0.25, 0.3) is 5.69 Å². The summed E-state index contributed by atoms with van der Waals surface area (Å²) in [4.78, 5) is 4.95. The van der Waals surface area contributed by atoms with Gasteiger partial charge >= 0.3 is 0 Å². The highest BCUT2D eigenvalue weighted by Gasteiger charge is 2.32. The molecule has 104 valence electrons. The van der Waals surface area contributed by atoms with Crippen LogP contribution in [0.3, 0.4) is 0 Å². The van der Waals surface area contributed by atoms with Crippen LogP contribution >= 0.6 is 0 Å². The highest BCUT2D eigenvalue weighted by molar-refractivity contribution is 5.44. The average Bonchev–Trinajstić information content (AvgIpc) is 3.18. The molecule has 3 heteroatoms. The van der Waals surface area contributed by atoms with E-state index in [1.165, 1.54) is 46.9 Å². The molecule has 2 aromatic rings. The molecule has 1 N–H and O–H groups in total. The Kier molecular flexibility index (Phi) is 2.71. The van der Waals surface area contributed by atoms with E-state index in [2.05, 4.69) is 41.9 Å². The number of fused-ring (bicyclic) bond motifs is 1. The summed E-state index contributed by atoms with van der Waals surface area (Å²) in [6, 6.07) is 6.83. The van der Waals surface area contributed by atoms with Gasteiger partial charge in [-0.05, 0) is 49.9 Å². The largest absolute Gasteiger partial charge is 0.311 e. The number of aromatic nitrogens is 2. The average molecular weight is 267 g/mol. The summed E-state index contributed by atoms with van der Waals surface area (Å²) < 4.78 is 2.45. The molecule has 0 saturated heterocycles. The van der Waals surface area contributed by atoms with Crippen LogP contribution in [0.4, 0.5) is 0 Å². The Morgan fingerprint density at radius 1 is 1.15 bits per heavy atom. The molecule has 1 aliphatic heterocycles. The van der Waals surface area contributed by atoms with Gasteiger partial charge in [-0.2, -0.15) is 0 Å². The molecule has 2 aliphatic rings. The van der Waals surface area contributed by atoms with E-state index in [-0.39, 0.29) is 0 Å². The molecular formula is C17H21N3. The molecule has 1 saturated carbocycles. The van der Waals surface area contributed by atoms with Crippen LogP contribution < -0.4 is 5.32 Å². The summed E-state index contributed by atoms with van der Waals surface area (Å²) in [6.45, 7) is 6.34. The fraction of sp³-hybridized carbons (Fsp3) is 0.471. The maximum atomic E-state index is 4.95. The van der Waals surface area contributed by atoms with E-state index in [0.29, 0.717) is 5.92 Å². The van der Waals surface area contributed by atoms with E-state index in [4.69, 9.17) is 4.98 Å². The van der Waals surface area contributed by atoms with Crippen molar-refractivity contribution in [3.8, 4) is 5.69 Å². The highest BCUT2D eigenvalue weighted by Crippen LogP contribution is 2.41. The first-order valence-corrected chi connectivity index (χ1v) is 7.62. The van der Waals surface area contributed by atoms with Gasteiger partial charge in [0.15, 0.2) is 0 Å². The lowest BCUT2D eigenvalue weighted by Crippen LogP contribution is -2.24. The number of hydrogen-bond acceptors (Lipinski definition) is 2. The van der Waals surface area contributed by atoms with Gasteiger partial charge in [0.25, 0.3) is 0 Å². The third kappa shape index (κ3) is 1.97. The third-order valence-corrected chi connectivity index (χ3v) is 4.32. The molecule has 2 heterocycles. The second-order valence-corrected chi connectivity index (χ2v) is 6.25. The molecule has 20 heavy (non-hydrogen) atoms. The molecule has 0 spiro atoms. The summed E-state index contributed by atoms with van der Waals surface area (Å²) in [6.07, 6.45) is 3.68. The van der Waals surface area contributed by atoms with Gasteiger partial charge in [0.05, 0.1) is 5.69 Å². The van der Waals surface area contributed by atoms with Crippen molar-refractivity contribution in [2.45, 2.75) is 45.6 Å². The fourth-order valence-corrected chi connectivity index (χ4v) is 3.31. The SMILES string of the molecule is Cc1cc(C)cc(-n2c(C3CC3)nc3c2CCNC3)c1. The molecule has 0 amide bonds. The zero-order valence-electron chi connectivity index (χ0n) is 12.2. The first kappa shape index (κ1) is 12.2. The predicted octanol–water partition coefficient (Wildman–Crippen LogP) is 3.01. The number of nitrogens with one attached hydrogen (secondary N) is 1. The Morgan fingerprint density at radius 3 is 2.60 bits per heavy atom. The maximum Gasteiger partial charge on any atom is 0.116 e. The Balaban J connectivity index is 1.92. The van der Waals surface area contributed by atoms with E-state index >= 15 is 0 Å². The van der Waals surface area contributed by atoms with Crippen molar-refractivity contribution >= 4 is 0 Å². The van der Waals surface area contributed by atoms with Gasteiger partial charge in [-0.3, -0.25) is 0 Å². The molecule has 0 bridgehead atoms. The second-order valence-electron chi connectivity index (χ2n) is 6.25. The molecule has 1 aromatic heterocycles. The van der Waals surface area contributed by atoms with Crippen molar-refractivity contribution in [3.63, 3.8) is 0 Å². The Morgan fingerprint density at radius 2 is 1.90 bits per heavy atom. The van der Waals surface area contributed by atoms with Crippen molar-refractivity contribution in [2.75, 3.05) is 6.54 Å². The minimum absolute atomic E-state index is 0.682. The molecular weight excluding hydrogens is 246 g/mol. The Labute approximate surface area is 120 Å². The summed E-state index contributed by atoms with van der Waals surface area (Å²) in [5.74, 6) is 1.98. The number of rotatable bonds is 2. The monoisotopic (exact) mass is 267 g/mol. The lowest BCUT2D eigenvalue weighted by Gasteiger charge is -2.17. The predicted molar refractivity (Wildman–Crippen MR) is 80.4 cm³/mol. The van der Waals surface area contributed by atoms with Gasteiger partial charge in [-0.15, -0.1) is 0 Å². The summed E-state index contributed by atoms with van der Waals surface area (Å²) in [5, 5.41) is 3.44. The smallest absolute Gasteiger partial charge is 0.116 e.